The third kappa shape index (κ3) is 4.51. The van der Waals surface area contributed by atoms with Crippen LogP contribution in [0.15, 0.2) is 60.5 Å². The molecule has 0 saturated carbocycles. The van der Waals surface area contributed by atoms with Crippen molar-refractivity contribution in [2.75, 3.05) is 24.5 Å². The highest BCUT2D eigenvalue weighted by molar-refractivity contribution is 5.93. The minimum Gasteiger partial charge on any atom is -0.387 e. The summed E-state index contributed by atoms with van der Waals surface area (Å²) in [5.41, 5.74) is -0.0652. The number of rotatable bonds is 6. The second-order valence-corrected chi connectivity index (χ2v) is 6.14. The van der Waals surface area contributed by atoms with E-state index in [4.69, 9.17) is 11.0 Å². The number of carbonyl (C=O) groups is 1. The van der Waals surface area contributed by atoms with E-state index in [9.17, 15) is 9.90 Å². The zero-order valence-corrected chi connectivity index (χ0v) is 14.7. The van der Waals surface area contributed by atoms with Gasteiger partial charge in [-0.2, -0.15) is 0 Å². The van der Waals surface area contributed by atoms with Crippen LogP contribution in [0, 0.1) is 0 Å². The highest BCUT2D eigenvalue weighted by Crippen LogP contribution is 2.25. The Hall–Kier alpha value is -2.17. The van der Waals surface area contributed by atoms with Gasteiger partial charge in [-0.1, -0.05) is 55.4 Å². The fourth-order valence-corrected chi connectivity index (χ4v) is 3.09. The first-order chi connectivity index (χ1) is 15.9. The highest BCUT2D eigenvalue weighted by Gasteiger charge is 2.29. The maximum Gasteiger partial charge on any atom is 0.226 e. The molecule has 0 spiro atoms. The summed E-state index contributed by atoms with van der Waals surface area (Å²) >= 11 is 0. The molecule has 0 radical (unpaired) electrons. The molecule has 4 nitrogen and oxygen atoms in total. The molecule has 0 aliphatic carbocycles. The van der Waals surface area contributed by atoms with Gasteiger partial charge in [-0.3, -0.25) is 4.79 Å². The lowest BCUT2D eigenvalue weighted by atomic mass is 10.0. The van der Waals surface area contributed by atoms with Gasteiger partial charge in [-0.25, -0.2) is 0 Å². The van der Waals surface area contributed by atoms with E-state index in [0.29, 0.717) is 0 Å². The molecule has 1 fully saturated rings. The summed E-state index contributed by atoms with van der Waals surface area (Å²) in [6.45, 7) is -0.621. The van der Waals surface area contributed by atoms with Crippen molar-refractivity contribution in [2.45, 2.75) is 38.3 Å². The summed E-state index contributed by atoms with van der Waals surface area (Å²) in [7, 11) is 0. The van der Waals surface area contributed by atoms with Crippen LogP contribution in [-0.4, -0.2) is 41.5 Å². The number of para-hydroxylation sites is 1. The van der Waals surface area contributed by atoms with Gasteiger partial charge in [0.2, 0.25) is 5.91 Å². The first-order valence-electron chi connectivity index (χ1n) is 12.8. The SMILES string of the molecule is [2H]c1c([2H])c([2H])c(N(C(=O)CC)C2CCN(C([2H])([2H])C([2H])(O)c3ccccc3)CC2)c([2H])c1[2H]. The number of piperidine rings is 1. The third-order valence-electron chi connectivity index (χ3n) is 4.44. The lowest BCUT2D eigenvalue weighted by molar-refractivity contribution is -0.119. The van der Waals surface area contributed by atoms with E-state index < -0.39 is 54.7 Å². The summed E-state index contributed by atoms with van der Waals surface area (Å²) in [5, 5.41) is 10.8. The number of hydrogen-bond acceptors (Lipinski definition) is 3. The van der Waals surface area contributed by atoms with Gasteiger partial charge in [0.1, 0.15) is 0 Å². The highest BCUT2D eigenvalue weighted by atomic mass is 16.3. The molecule has 1 atom stereocenters. The van der Waals surface area contributed by atoms with Gasteiger partial charge in [0.05, 0.1) is 14.3 Å². The summed E-state index contributed by atoms with van der Waals surface area (Å²) in [6, 6.07) is 4.86. The minimum absolute atomic E-state index is 0.0592. The van der Waals surface area contributed by atoms with Crippen LogP contribution in [0.1, 0.15) is 48.8 Å². The molecule has 4 heteroatoms. The van der Waals surface area contributed by atoms with E-state index in [1.807, 2.05) is 0 Å². The van der Waals surface area contributed by atoms with Crippen molar-refractivity contribution < 1.29 is 20.9 Å². The van der Waals surface area contributed by atoms with Crippen molar-refractivity contribution in [3.05, 3.63) is 66.1 Å². The lowest BCUT2D eigenvalue weighted by Gasteiger charge is -2.39. The molecule has 1 heterocycles. The van der Waals surface area contributed by atoms with Gasteiger partial charge in [0.25, 0.3) is 0 Å². The molecule has 1 aliphatic heterocycles. The topological polar surface area (TPSA) is 43.8 Å². The number of anilines is 1. The molecule has 1 amide bonds. The molecule has 2 aromatic carbocycles. The molecule has 1 saturated heterocycles. The number of nitrogens with zero attached hydrogens (tertiary/aromatic N) is 2. The van der Waals surface area contributed by atoms with Gasteiger partial charge in [-0.15, -0.1) is 0 Å². The zero-order valence-electron chi connectivity index (χ0n) is 22.7. The van der Waals surface area contributed by atoms with Crippen molar-refractivity contribution in [1.29, 1.82) is 0 Å². The molecule has 0 aromatic heterocycles. The first-order valence-corrected chi connectivity index (χ1v) is 8.78. The number of benzene rings is 2. The van der Waals surface area contributed by atoms with Gasteiger partial charge >= 0.3 is 0 Å². The largest absolute Gasteiger partial charge is 0.387 e. The van der Waals surface area contributed by atoms with E-state index in [0.717, 1.165) is 0 Å². The van der Waals surface area contributed by atoms with Crippen LogP contribution >= 0.6 is 0 Å². The van der Waals surface area contributed by atoms with E-state index >= 15 is 0 Å². The third-order valence-corrected chi connectivity index (χ3v) is 4.44. The van der Waals surface area contributed by atoms with Gasteiger partial charge in [-0.05, 0) is 30.5 Å². The Morgan fingerprint density at radius 2 is 1.96 bits per heavy atom. The van der Waals surface area contributed by atoms with Crippen LogP contribution < -0.4 is 4.90 Å². The number of hydrogen-bond donors (Lipinski definition) is 1. The number of aliphatic hydroxyl groups is 1. The average Bonchev–Trinajstić information content (AvgIpc) is 2.84. The number of carbonyl (C=O) groups excluding carboxylic acids is 1. The van der Waals surface area contributed by atoms with Gasteiger partial charge in [0, 0.05) is 40.5 Å². The maximum atomic E-state index is 12.9. The second kappa shape index (κ2) is 8.97. The summed E-state index contributed by atoms with van der Waals surface area (Å²) in [4.78, 5) is 15.5. The van der Waals surface area contributed by atoms with E-state index in [1.165, 1.54) is 21.9 Å². The summed E-state index contributed by atoms with van der Waals surface area (Å²) in [5.74, 6) is -0.402. The summed E-state index contributed by atoms with van der Waals surface area (Å²) < 4.78 is 65.6. The van der Waals surface area contributed by atoms with Crippen molar-refractivity contribution in [1.82, 2.24) is 4.90 Å². The molecule has 138 valence electrons. The predicted octanol–water partition coefficient (Wildman–Crippen LogP) is 3.63. The number of likely N-dealkylation sites (tertiary alicyclic amines) is 1. The molecular weight excluding hydrogens is 324 g/mol. The normalized spacial score (nSPS) is 23.2. The lowest BCUT2D eigenvalue weighted by Crippen LogP contribution is -2.48. The Morgan fingerprint density at radius 3 is 2.58 bits per heavy atom. The predicted molar refractivity (Wildman–Crippen MR) is 105 cm³/mol. The molecule has 2 aromatic rings. The fraction of sp³-hybridized carbons (Fsp3) is 0.409. The van der Waals surface area contributed by atoms with E-state index in [-0.39, 0.29) is 43.6 Å². The fourth-order valence-electron chi connectivity index (χ4n) is 3.09. The molecule has 3 rings (SSSR count). The Morgan fingerprint density at radius 1 is 1.31 bits per heavy atom. The first kappa shape index (κ1) is 10.9. The Balaban J connectivity index is 1.90. The summed E-state index contributed by atoms with van der Waals surface area (Å²) in [6.07, 6.45) is -2.01. The van der Waals surface area contributed by atoms with Gasteiger partial charge < -0.3 is 14.9 Å². The van der Waals surface area contributed by atoms with Crippen LogP contribution in [0.2, 0.25) is 0 Å². The monoisotopic (exact) mass is 360 g/mol. The standard InChI is InChI=1S/C22H28N2O2/c1-2-22(26)24(19-11-7-4-8-12-19)20-13-15-23(16-14-20)17-21(25)18-9-5-3-6-10-18/h3-12,20-21,25H,2,13-17H2,1H3/i4D,7D,8D,11D,12D,17D2,21D. The molecule has 0 bridgehead atoms. The second-order valence-electron chi connectivity index (χ2n) is 6.14. The number of amides is 1. The number of β-amino-alcohol motifs (C(OH)–C–C–N with tert-alkyl or cyclic N) is 1. The molecule has 1 N–H and O–H groups in total. The molecular formula is C22H28N2O2. The van der Waals surface area contributed by atoms with E-state index in [2.05, 4.69) is 0 Å². The quantitative estimate of drug-likeness (QED) is 0.855. The van der Waals surface area contributed by atoms with Crippen LogP contribution in [0.25, 0.3) is 0 Å². The zero-order chi connectivity index (χ0) is 25.4. The molecule has 1 unspecified atom stereocenters. The van der Waals surface area contributed by atoms with E-state index in [1.54, 1.807) is 25.1 Å². The Bertz CT molecular complexity index is 1030. The van der Waals surface area contributed by atoms with Crippen LogP contribution in [0.4, 0.5) is 5.69 Å². The molecule has 26 heavy (non-hydrogen) atoms. The smallest absolute Gasteiger partial charge is 0.226 e. The van der Waals surface area contributed by atoms with Crippen LogP contribution in [0.5, 0.6) is 0 Å². The van der Waals surface area contributed by atoms with Crippen LogP contribution in [0.3, 0.4) is 0 Å². The van der Waals surface area contributed by atoms with Gasteiger partial charge in [0.15, 0.2) is 0 Å². The van der Waals surface area contributed by atoms with Crippen molar-refractivity contribution in [3.8, 4) is 0 Å². The van der Waals surface area contributed by atoms with Crippen LogP contribution in [-0.2, 0) is 4.79 Å². The average molecular weight is 361 g/mol. The van der Waals surface area contributed by atoms with Crippen molar-refractivity contribution >= 4 is 11.6 Å². The van der Waals surface area contributed by atoms with Crippen molar-refractivity contribution in [3.63, 3.8) is 0 Å². The minimum atomic E-state index is -2.53. The van der Waals surface area contributed by atoms with Crippen molar-refractivity contribution in [2.24, 2.45) is 0 Å². The Kier molecular flexibility index (Phi) is 3.74. The Labute approximate surface area is 167 Å². The molecule has 1 aliphatic rings. The maximum absolute atomic E-state index is 12.9.